The largest absolute Gasteiger partial charge is 0.354 e. The van der Waals surface area contributed by atoms with Crippen molar-refractivity contribution < 1.29 is 4.79 Å². The molecule has 4 rings (SSSR count). The van der Waals surface area contributed by atoms with Crippen LogP contribution in [0.15, 0.2) is 42.7 Å². The first-order valence-corrected chi connectivity index (χ1v) is 8.32. The van der Waals surface area contributed by atoms with Gasteiger partial charge in [-0.15, -0.1) is 0 Å². The monoisotopic (exact) mass is 320 g/mol. The van der Waals surface area contributed by atoms with Gasteiger partial charge >= 0.3 is 0 Å². The van der Waals surface area contributed by atoms with Crippen LogP contribution >= 0.6 is 0 Å². The van der Waals surface area contributed by atoms with Crippen molar-refractivity contribution in [1.29, 1.82) is 0 Å². The lowest BCUT2D eigenvalue weighted by atomic mass is 9.95. The van der Waals surface area contributed by atoms with Gasteiger partial charge in [-0.2, -0.15) is 0 Å². The number of aromatic nitrogens is 3. The second-order valence-corrected chi connectivity index (χ2v) is 6.33. The molecule has 1 aromatic carbocycles. The fraction of sp³-hybridized carbons (Fsp3) is 0.316. The van der Waals surface area contributed by atoms with Gasteiger partial charge in [0.05, 0.1) is 22.3 Å². The van der Waals surface area contributed by atoms with Gasteiger partial charge in [-0.05, 0) is 24.6 Å². The standard InChI is InChI=1S/C19H20N4O/c1-3-18-14(8-9-22(18)2)19(24)23-11-13(12-23)17-10-20-15-6-4-5-7-16(15)21-17/h4-10,13H,3,11-12H2,1-2H3. The van der Waals surface area contributed by atoms with Crippen molar-refractivity contribution in [2.24, 2.45) is 7.05 Å². The number of amides is 1. The third-order valence-electron chi connectivity index (χ3n) is 4.82. The Hall–Kier alpha value is -2.69. The highest BCUT2D eigenvalue weighted by Gasteiger charge is 2.34. The van der Waals surface area contributed by atoms with E-state index in [0.29, 0.717) is 13.1 Å². The van der Waals surface area contributed by atoms with E-state index >= 15 is 0 Å². The summed E-state index contributed by atoms with van der Waals surface area (Å²) in [6.45, 7) is 3.50. The van der Waals surface area contributed by atoms with Crippen LogP contribution in [0.4, 0.5) is 0 Å². The topological polar surface area (TPSA) is 51.0 Å². The van der Waals surface area contributed by atoms with E-state index < -0.39 is 0 Å². The summed E-state index contributed by atoms with van der Waals surface area (Å²) in [7, 11) is 1.99. The van der Waals surface area contributed by atoms with Gasteiger partial charge in [0.15, 0.2) is 0 Å². The SMILES string of the molecule is CCc1c(C(=O)N2CC(c3cnc4ccccc4n3)C2)ccn1C. The zero-order valence-corrected chi connectivity index (χ0v) is 13.9. The molecule has 0 atom stereocenters. The predicted molar refractivity (Wildman–Crippen MR) is 93.0 cm³/mol. The molecule has 1 saturated heterocycles. The maximum absolute atomic E-state index is 12.7. The fourth-order valence-corrected chi connectivity index (χ4v) is 3.37. The Bertz CT molecular complexity index is 909. The highest BCUT2D eigenvalue weighted by molar-refractivity contribution is 5.96. The summed E-state index contributed by atoms with van der Waals surface area (Å²) in [5.74, 6) is 0.400. The lowest BCUT2D eigenvalue weighted by Gasteiger charge is -2.38. The summed E-state index contributed by atoms with van der Waals surface area (Å²) in [6.07, 6.45) is 4.66. The Morgan fingerprint density at radius 3 is 2.71 bits per heavy atom. The number of aryl methyl sites for hydroxylation is 1. The lowest BCUT2D eigenvalue weighted by molar-refractivity contribution is 0.0597. The molecule has 5 heteroatoms. The molecular weight excluding hydrogens is 300 g/mol. The van der Waals surface area contributed by atoms with Gasteiger partial charge in [-0.1, -0.05) is 19.1 Å². The van der Waals surface area contributed by atoms with Crippen LogP contribution in [0.5, 0.6) is 0 Å². The third kappa shape index (κ3) is 2.37. The Kier molecular flexibility index (Phi) is 3.56. The van der Waals surface area contributed by atoms with Crippen LogP contribution in [0.3, 0.4) is 0 Å². The van der Waals surface area contributed by atoms with E-state index in [0.717, 1.165) is 34.4 Å². The maximum atomic E-state index is 12.7. The van der Waals surface area contributed by atoms with Crippen LogP contribution in [-0.4, -0.2) is 38.4 Å². The normalized spacial score (nSPS) is 14.8. The van der Waals surface area contributed by atoms with Crippen molar-refractivity contribution in [2.75, 3.05) is 13.1 Å². The summed E-state index contributed by atoms with van der Waals surface area (Å²) in [4.78, 5) is 23.8. The molecule has 24 heavy (non-hydrogen) atoms. The molecule has 0 unspecified atom stereocenters. The Labute approximate surface area is 140 Å². The highest BCUT2D eigenvalue weighted by atomic mass is 16.2. The Morgan fingerprint density at radius 2 is 1.96 bits per heavy atom. The molecule has 0 spiro atoms. The van der Waals surface area contributed by atoms with Crippen LogP contribution in [-0.2, 0) is 13.5 Å². The van der Waals surface area contributed by atoms with E-state index in [1.807, 2.05) is 59.2 Å². The van der Waals surface area contributed by atoms with Gasteiger partial charge in [0.2, 0.25) is 0 Å². The summed E-state index contributed by atoms with van der Waals surface area (Å²) >= 11 is 0. The van der Waals surface area contributed by atoms with E-state index in [1.165, 1.54) is 0 Å². The van der Waals surface area contributed by atoms with E-state index in [1.54, 1.807) is 0 Å². The van der Waals surface area contributed by atoms with Crippen molar-refractivity contribution in [3.8, 4) is 0 Å². The minimum atomic E-state index is 0.123. The average Bonchev–Trinajstić information content (AvgIpc) is 2.94. The number of hydrogen-bond acceptors (Lipinski definition) is 3. The number of para-hydroxylation sites is 2. The lowest BCUT2D eigenvalue weighted by Crippen LogP contribution is -2.48. The van der Waals surface area contributed by atoms with E-state index in [2.05, 4.69) is 11.9 Å². The molecular formula is C19H20N4O. The Morgan fingerprint density at radius 1 is 1.21 bits per heavy atom. The number of likely N-dealkylation sites (tertiary alicyclic amines) is 1. The van der Waals surface area contributed by atoms with Crippen molar-refractivity contribution in [1.82, 2.24) is 19.4 Å². The summed E-state index contributed by atoms with van der Waals surface area (Å²) in [5.41, 5.74) is 4.71. The molecule has 0 radical (unpaired) electrons. The van der Waals surface area contributed by atoms with Gasteiger partial charge < -0.3 is 9.47 Å². The van der Waals surface area contributed by atoms with Gasteiger partial charge in [0, 0.05) is 44.1 Å². The smallest absolute Gasteiger partial charge is 0.255 e. The van der Waals surface area contributed by atoms with Gasteiger partial charge in [-0.3, -0.25) is 9.78 Å². The zero-order chi connectivity index (χ0) is 16.7. The molecule has 1 aliphatic rings. The average molecular weight is 320 g/mol. The van der Waals surface area contributed by atoms with Gasteiger partial charge in [0.25, 0.3) is 5.91 Å². The van der Waals surface area contributed by atoms with E-state index in [-0.39, 0.29) is 11.8 Å². The number of fused-ring (bicyclic) bond motifs is 1. The van der Waals surface area contributed by atoms with E-state index in [4.69, 9.17) is 4.98 Å². The number of rotatable bonds is 3. The van der Waals surface area contributed by atoms with Crippen molar-refractivity contribution in [2.45, 2.75) is 19.3 Å². The summed E-state index contributed by atoms with van der Waals surface area (Å²) < 4.78 is 2.03. The number of carbonyl (C=O) groups excluding carboxylic acids is 1. The van der Waals surface area contributed by atoms with Crippen LogP contribution in [0.1, 0.15) is 34.6 Å². The first-order chi connectivity index (χ1) is 11.7. The summed E-state index contributed by atoms with van der Waals surface area (Å²) in [5, 5.41) is 0. The first-order valence-electron chi connectivity index (χ1n) is 8.32. The third-order valence-corrected chi connectivity index (χ3v) is 4.82. The first kappa shape index (κ1) is 14.9. The van der Waals surface area contributed by atoms with Crippen molar-refractivity contribution in [3.05, 3.63) is 59.7 Å². The predicted octanol–water partition coefficient (Wildman–Crippen LogP) is 2.77. The molecule has 0 bridgehead atoms. The second kappa shape index (κ2) is 5.74. The fourth-order valence-electron chi connectivity index (χ4n) is 3.37. The van der Waals surface area contributed by atoms with Crippen LogP contribution in [0, 0.1) is 0 Å². The molecule has 2 aromatic heterocycles. The molecule has 1 amide bonds. The Balaban J connectivity index is 1.50. The number of benzene rings is 1. The van der Waals surface area contributed by atoms with Crippen LogP contribution in [0.25, 0.3) is 11.0 Å². The maximum Gasteiger partial charge on any atom is 0.255 e. The molecule has 1 fully saturated rings. The van der Waals surface area contributed by atoms with Crippen molar-refractivity contribution >= 4 is 16.9 Å². The molecule has 3 heterocycles. The minimum Gasteiger partial charge on any atom is -0.354 e. The molecule has 3 aromatic rings. The van der Waals surface area contributed by atoms with Crippen LogP contribution in [0.2, 0.25) is 0 Å². The molecule has 0 aliphatic carbocycles. The van der Waals surface area contributed by atoms with E-state index in [9.17, 15) is 4.79 Å². The quantitative estimate of drug-likeness (QED) is 0.745. The molecule has 0 N–H and O–H groups in total. The molecule has 5 nitrogen and oxygen atoms in total. The molecule has 0 saturated carbocycles. The van der Waals surface area contributed by atoms with Gasteiger partial charge in [0.1, 0.15) is 0 Å². The zero-order valence-electron chi connectivity index (χ0n) is 13.9. The number of nitrogens with zero attached hydrogens (tertiary/aromatic N) is 4. The summed E-state index contributed by atoms with van der Waals surface area (Å²) in [6, 6.07) is 9.80. The molecule has 122 valence electrons. The molecule has 1 aliphatic heterocycles. The second-order valence-electron chi connectivity index (χ2n) is 6.33. The van der Waals surface area contributed by atoms with Crippen LogP contribution < -0.4 is 0 Å². The van der Waals surface area contributed by atoms with Gasteiger partial charge in [-0.25, -0.2) is 4.98 Å². The van der Waals surface area contributed by atoms with Crippen molar-refractivity contribution in [3.63, 3.8) is 0 Å². The minimum absolute atomic E-state index is 0.123. The highest BCUT2D eigenvalue weighted by Crippen LogP contribution is 2.28. The number of carbonyl (C=O) groups is 1. The number of hydrogen-bond donors (Lipinski definition) is 0.